The van der Waals surface area contributed by atoms with E-state index in [1.807, 2.05) is 230 Å². The number of hydrogen-bond donors (Lipinski definition) is 0. The number of rotatable bonds is 26. The minimum atomic E-state index is -0.473. The lowest BCUT2D eigenvalue weighted by Gasteiger charge is -2.21. The van der Waals surface area contributed by atoms with Crippen molar-refractivity contribution in [2.45, 2.75) is 123 Å². The highest BCUT2D eigenvalue weighted by Crippen LogP contribution is 2.45. The van der Waals surface area contributed by atoms with Crippen LogP contribution in [0.15, 0.2) is 442 Å². The number of hydrogen-bond acceptors (Lipinski definition) is 24. The van der Waals surface area contributed by atoms with Crippen LogP contribution in [-0.2, 0) is 14.2 Å². The molecule has 0 amide bonds. The Bertz CT molecular complexity index is 7300. The Morgan fingerprint density at radius 2 is 0.610 bits per heavy atom. The van der Waals surface area contributed by atoms with E-state index in [0.717, 1.165) is 108 Å². The Balaban J connectivity index is 0.000000117. The first-order chi connectivity index (χ1) is 71.7. The summed E-state index contributed by atoms with van der Waals surface area (Å²) in [7, 11) is 0. The first-order valence-corrected chi connectivity index (χ1v) is 48.2. The van der Waals surface area contributed by atoms with Gasteiger partial charge in [0, 0.05) is 186 Å². The van der Waals surface area contributed by atoms with Gasteiger partial charge in [-0.2, -0.15) is 0 Å². The molecule has 0 aliphatic heterocycles. The van der Waals surface area contributed by atoms with Gasteiger partial charge in [-0.05, 0) is 159 Å². The SMILES string of the molecule is CC(C)C(OC(=O)n1ccnc1)c1ccc(-c2ccoc2)nc1.CC(OC(=O)n1ccnc1)c1ccc(-c2ccoc2)nc1.CC(c1ccc(-c2ccccc2)nc1)n1ccnc1.CCC(OC(=O)n1ccnc1)c1ccc(-c2ccoc2)nc1.CCC(c1ccc(-c2ccccc2)nc1)n1ccnc1.c1ccc(-c2ccc(C(C3CC3)n3ccnc3)cn2)cc1.c1cn(C(c2ccc(-c3ccoc3)nc2)C2CC2)cn1. The van der Waals surface area contributed by atoms with Crippen molar-refractivity contribution in [1.82, 2.24) is 102 Å². The molecule has 23 rings (SSSR count). The van der Waals surface area contributed by atoms with E-state index in [0.29, 0.717) is 30.5 Å². The van der Waals surface area contributed by atoms with Crippen LogP contribution in [0.25, 0.3) is 78.8 Å². The highest BCUT2D eigenvalue weighted by atomic mass is 16.6. The lowest BCUT2D eigenvalue weighted by atomic mass is 10.00. The number of nitrogens with zero attached hydrogens (tertiary/aromatic N) is 21. The third kappa shape index (κ3) is 26.7. The zero-order valence-corrected chi connectivity index (χ0v) is 81.3. The number of carbonyl (C=O) groups excluding carboxylic acids is 3. The highest BCUT2D eigenvalue weighted by Gasteiger charge is 2.35. The van der Waals surface area contributed by atoms with Gasteiger partial charge in [0.1, 0.15) is 37.3 Å². The largest absolute Gasteiger partial charge is 0.472 e. The zero-order chi connectivity index (χ0) is 101. The second-order valence-corrected chi connectivity index (χ2v) is 35.0. The van der Waals surface area contributed by atoms with Crippen molar-refractivity contribution in [2.75, 3.05) is 0 Å². The summed E-state index contributed by atoms with van der Waals surface area (Å²) >= 11 is 0. The molecular weight excluding hydrogens is 1840 g/mol. The number of aromatic nitrogens is 21. The van der Waals surface area contributed by atoms with Gasteiger partial charge in [0.2, 0.25) is 0 Å². The van der Waals surface area contributed by atoms with Gasteiger partial charge in [-0.15, -0.1) is 0 Å². The van der Waals surface area contributed by atoms with E-state index in [9.17, 15) is 14.4 Å². The van der Waals surface area contributed by atoms with Crippen LogP contribution in [-0.4, -0.2) is 120 Å². The van der Waals surface area contributed by atoms with E-state index in [1.165, 1.54) is 105 Å². The molecule has 146 heavy (non-hydrogen) atoms. The van der Waals surface area contributed by atoms with Gasteiger partial charge in [0.15, 0.2) is 0 Å². The van der Waals surface area contributed by atoms with Crippen molar-refractivity contribution in [2.24, 2.45) is 17.8 Å². The van der Waals surface area contributed by atoms with E-state index >= 15 is 0 Å². The van der Waals surface area contributed by atoms with Gasteiger partial charge in [-0.3, -0.25) is 34.9 Å². The molecule has 2 fully saturated rings. The van der Waals surface area contributed by atoms with Crippen LogP contribution in [0.5, 0.6) is 0 Å². The molecule has 0 bridgehead atoms. The molecule has 31 nitrogen and oxygen atoms in total. The van der Waals surface area contributed by atoms with E-state index in [-0.39, 0.29) is 24.2 Å². The third-order valence-corrected chi connectivity index (χ3v) is 24.6. The van der Waals surface area contributed by atoms with Crippen molar-refractivity contribution in [3.8, 4) is 78.8 Å². The molecule has 3 aromatic carbocycles. The summed E-state index contributed by atoms with van der Waals surface area (Å²) in [5.41, 5.74) is 21.0. The highest BCUT2D eigenvalue weighted by molar-refractivity contribution is 5.72. The molecule has 18 aromatic heterocycles. The second-order valence-electron chi connectivity index (χ2n) is 35.0. The number of imidazole rings is 7. The van der Waals surface area contributed by atoms with Crippen LogP contribution in [0, 0.1) is 17.8 Å². The molecule has 7 atom stereocenters. The summed E-state index contributed by atoms with van der Waals surface area (Å²) < 4.78 is 49.1. The van der Waals surface area contributed by atoms with Crippen LogP contribution < -0.4 is 0 Å². The molecule has 2 aliphatic carbocycles. The van der Waals surface area contributed by atoms with Gasteiger partial charge in [0.25, 0.3) is 0 Å². The summed E-state index contributed by atoms with van der Waals surface area (Å²) in [4.78, 5) is 95.5. The summed E-state index contributed by atoms with van der Waals surface area (Å²) in [6, 6.07) is 67.8. The molecular formula is C115H109N21O10. The fraction of sp³-hybridized carbons (Fsp3) is 0.191. The number of pyridine rings is 7. The maximum atomic E-state index is 12.1. The predicted molar refractivity (Wildman–Crippen MR) is 551 cm³/mol. The van der Waals surface area contributed by atoms with Crippen molar-refractivity contribution in [1.29, 1.82) is 0 Å². The van der Waals surface area contributed by atoms with Gasteiger partial charge in [0.05, 0.1) is 139 Å². The Kier molecular flexibility index (Phi) is 33.8. The van der Waals surface area contributed by atoms with Crippen LogP contribution in [0.4, 0.5) is 14.4 Å². The molecule has 0 saturated heterocycles. The molecule has 0 spiro atoms. The van der Waals surface area contributed by atoms with Gasteiger partial charge in [-0.1, -0.05) is 161 Å². The molecule has 2 saturated carbocycles. The average molecular weight is 1950 g/mol. The van der Waals surface area contributed by atoms with E-state index < -0.39 is 24.4 Å². The average Bonchev–Trinajstić information content (AvgIpc) is 1.66. The van der Waals surface area contributed by atoms with Crippen LogP contribution in [0.2, 0.25) is 0 Å². The second kappa shape index (κ2) is 49.7. The molecule has 31 heteroatoms. The fourth-order valence-electron chi connectivity index (χ4n) is 16.4. The Morgan fingerprint density at radius 1 is 0.301 bits per heavy atom. The van der Waals surface area contributed by atoms with Crippen LogP contribution in [0.1, 0.15) is 161 Å². The maximum Gasteiger partial charge on any atom is 0.419 e. The van der Waals surface area contributed by atoms with Crippen LogP contribution in [0.3, 0.4) is 0 Å². The Labute approximate surface area is 844 Å². The van der Waals surface area contributed by atoms with E-state index in [2.05, 4.69) is 187 Å². The van der Waals surface area contributed by atoms with Gasteiger partial charge in [-0.25, -0.2) is 63.0 Å². The summed E-state index contributed by atoms with van der Waals surface area (Å²) in [6.45, 7) is 12.1. The third-order valence-electron chi connectivity index (χ3n) is 24.6. The zero-order valence-electron chi connectivity index (χ0n) is 81.3. The smallest absolute Gasteiger partial charge is 0.419 e. The predicted octanol–water partition coefficient (Wildman–Crippen LogP) is 25.9. The number of furan rings is 4. The summed E-state index contributed by atoms with van der Waals surface area (Å²) in [5, 5.41) is 0. The van der Waals surface area contributed by atoms with Crippen molar-refractivity contribution >= 4 is 18.3 Å². The van der Waals surface area contributed by atoms with Crippen molar-refractivity contribution in [3.63, 3.8) is 0 Å². The number of benzene rings is 3. The van der Waals surface area contributed by atoms with Crippen molar-refractivity contribution in [3.05, 3.63) is 464 Å². The van der Waals surface area contributed by atoms with Gasteiger partial charge < -0.3 is 50.1 Å². The molecule has 21 aromatic rings. The molecule has 2 aliphatic rings. The first kappa shape index (κ1) is 99.3. The molecule has 734 valence electrons. The summed E-state index contributed by atoms with van der Waals surface area (Å²) in [6.07, 6.45) is 66.8. The minimum Gasteiger partial charge on any atom is -0.472 e. The quantitative estimate of drug-likeness (QED) is 0.0454. The molecule has 7 unspecified atom stereocenters. The summed E-state index contributed by atoms with van der Waals surface area (Å²) in [5.74, 6) is 1.55. The fourth-order valence-corrected chi connectivity index (χ4v) is 16.4. The number of carbonyl (C=O) groups is 3. The minimum absolute atomic E-state index is 0.115. The topological polar surface area (TPSA) is 346 Å². The standard InChI is InChI=1S/C18H17N3.C17H17N3O3.C17H17N3.C16H15N3O3.C16H15N3O.C16H15N3.C15H13N3O3/c1-2-4-14(5-3-1)17-9-8-16(12-20-17)18(15-6-7-15)21-11-10-19-13-21;1-12(2)16(23-17(21)20-7-6-18-11-20)13-3-4-15(19-9-13)14-5-8-22-10-14;1-2-17(20-11-10-18-13-20)15-8-9-16(19-12-15)14-6-4-3-5-7-14;1-2-15(22-16(20)19-7-6-17-11-19)12-3-4-14(18-9-12)13-5-8-21-10-13;1-2-12(1)16(19-7-6-17-11-19)13-3-4-15(18-9-13)14-5-8-20-10-14;1-13(19-10-9-17-12-19)15-7-8-16(18-11-15)14-5-3-2-4-6-14;1-11(21-15(19)18-6-5-16-10-18)12-2-3-14(17-8-12)13-4-7-20-9-13/h1-5,8-13,15,18H,6-7H2;3-12,16H,1-2H3;3-13,17H,2H2,1H3;3-11,15H,2H2,1H3;3-12,16H,1-2H2;2-13H,1H3;2-11H,1H3. The molecule has 0 N–H and O–H groups in total. The molecule has 0 radical (unpaired) electrons. The Hall–Kier alpha value is -18.3. The number of ether oxygens (including phenoxy) is 3. The maximum absolute atomic E-state index is 12.1. The Morgan fingerprint density at radius 3 is 0.918 bits per heavy atom. The molecule has 18 heterocycles. The monoisotopic (exact) mass is 1940 g/mol. The lowest BCUT2D eigenvalue weighted by Crippen LogP contribution is -2.19. The van der Waals surface area contributed by atoms with Crippen molar-refractivity contribution < 1.29 is 46.3 Å². The first-order valence-electron chi connectivity index (χ1n) is 48.2. The van der Waals surface area contributed by atoms with Gasteiger partial charge >= 0.3 is 18.3 Å². The van der Waals surface area contributed by atoms with E-state index in [1.54, 1.807) is 94.2 Å². The lowest BCUT2D eigenvalue weighted by molar-refractivity contribution is 0.0715. The van der Waals surface area contributed by atoms with E-state index in [4.69, 9.17) is 31.9 Å². The van der Waals surface area contributed by atoms with Crippen LogP contribution >= 0.6 is 0 Å². The normalized spacial score (nSPS) is 13.3.